The Morgan fingerprint density at radius 1 is 1.05 bits per heavy atom. The van der Waals surface area contributed by atoms with Crippen molar-refractivity contribution in [2.24, 2.45) is 0 Å². The number of nitrogens with one attached hydrogen (secondary N) is 2. The molecule has 1 heterocycles. The lowest BCUT2D eigenvalue weighted by atomic mass is 9.86. The molecule has 0 fully saturated rings. The lowest BCUT2D eigenvalue weighted by Crippen LogP contribution is -2.30. The Morgan fingerprint density at radius 3 is 2.32 bits per heavy atom. The van der Waals surface area contributed by atoms with Crippen molar-refractivity contribution in [2.75, 3.05) is 20.1 Å². The highest BCUT2D eigenvalue weighted by Crippen LogP contribution is 2.27. The van der Waals surface area contributed by atoms with Crippen LogP contribution in [0.2, 0.25) is 0 Å². The van der Waals surface area contributed by atoms with Gasteiger partial charge in [-0.1, -0.05) is 45.0 Å². The Hall–Kier alpha value is -2.07. The first-order chi connectivity index (χ1) is 10.4. The van der Waals surface area contributed by atoms with Gasteiger partial charge < -0.3 is 15.1 Å². The molecule has 0 spiro atoms. The lowest BCUT2D eigenvalue weighted by molar-refractivity contribution is 0.0927. The van der Waals surface area contributed by atoms with Crippen LogP contribution in [0.25, 0.3) is 11.3 Å². The van der Waals surface area contributed by atoms with Crippen LogP contribution in [-0.4, -0.2) is 26.0 Å². The van der Waals surface area contributed by atoms with Crippen molar-refractivity contribution in [1.82, 2.24) is 10.6 Å². The van der Waals surface area contributed by atoms with E-state index >= 15 is 0 Å². The highest BCUT2D eigenvalue weighted by Gasteiger charge is 2.15. The molecule has 0 aliphatic heterocycles. The van der Waals surface area contributed by atoms with Crippen LogP contribution < -0.4 is 10.6 Å². The fourth-order valence-corrected chi connectivity index (χ4v) is 2.14. The molecule has 4 nitrogen and oxygen atoms in total. The van der Waals surface area contributed by atoms with Gasteiger partial charge in [0.25, 0.3) is 5.91 Å². The average molecular weight is 300 g/mol. The van der Waals surface area contributed by atoms with Gasteiger partial charge in [0, 0.05) is 18.7 Å². The van der Waals surface area contributed by atoms with E-state index in [4.69, 9.17) is 4.42 Å². The van der Waals surface area contributed by atoms with E-state index in [2.05, 4.69) is 43.5 Å². The average Bonchev–Trinajstić information content (AvgIpc) is 2.96. The molecule has 118 valence electrons. The van der Waals surface area contributed by atoms with Crippen molar-refractivity contribution >= 4 is 5.91 Å². The van der Waals surface area contributed by atoms with Crippen LogP contribution in [0, 0.1) is 0 Å². The SMILES string of the molecule is CNCCNC(=O)c1ccc(-c2ccc(C(C)(C)C)cc2)o1. The van der Waals surface area contributed by atoms with Crippen LogP contribution in [0.15, 0.2) is 40.8 Å². The summed E-state index contributed by atoms with van der Waals surface area (Å²) in [6.07, 6.45) is 0. The van der Waals surface area contributed by atoms with Crippen LogP contribution in [0.4, 0.5) is 0 Å². The maximum absolute atomic E-state index is 11.9. The minimum Gasteiger partial charge on any atom is -0.451 e. The summed E-state index contributed by atoms with van der Waals surface area (Å²) in [7, 11) is 1.85. The number of carbonyl (C=O) groups excluding carboxylic acids is 1. The summed E-state index contributed by atoms with van der Waals surface area (Å²) in [5.74, 6) is 0.859. The van der Waals surface area contributed by atoms with Gasteiger partial charge in [0.15, 0.2) is 5.76 Å². The Labute approximate surface area is 131 Å². The second kappa shape index (κ2) is 6.79. The number of carbonyl (C=O) groups is 1. The zero-order chi connectivity index (χ0) is 16.2. The van der Waals surface area contributed by atoms with E-state index < -0.39 is 0 Å². The lowest BCUT2D eigenvalue weighted by Gasteiger charge is -2.18. The van der Waals surface area contributed by atoms with Gasteiger partial charge in [-0.25, -0.2) is 0 Å². The molecule has 1 aromatic heterocycles. The molecule has 0 unspecified atom stereocenters. The smallest absolute Gasteiger partial charge is 0.287 e. The summed E-state index contributed by atoms with van der Waals surface area (Å²) >= 11 is 0. The molecule has 0 aliphatic rings. The minimum absolute atomic E-state index is 0.125. The molecule has 0 radical (unpaired) electrons. The molecule has 4 heteroatoms. The van der Waals surface area contributed by atoms with Gasteiger partial charge in [-0.05, 0) is 30.2 Å². The van der Waals surface area contributed by atoms with Crippen molar-refractivity contribution in [2.45, 2.75) is 26.2 Å². The molecule has 22 heavy (non-hydrogen) atoms. The fourth-order valence-electron chi connectivity index (χ4n) is 2.14. The van der Waals surface area contributed by atoms with Crippen LogP contribution in [-0.2, 0) is 5.41 Å². The van der Waals surface area contributed by atoms with E-state index in [1.54, 1.807) is 6.07 Å². The molecule has 0 atom stereocenters. The molecule has 0 saturated heterocycles. The highest BCUT2D eigenvalue weighted by molar-refractivity contribution is 5.92. The summed E-state index contributed by atoms with van der Waals surface area (Å²) in [6.45, 7) is 7.85. The first kappa shape index (κ1) is 16.3. The monoisotopic (exact) mass is 300 g/mol. The number of amides is 1. The first-order valence-electron chi connectivity index (χ1n) is 7.55. The fraction of sp³-hybridized carbons (Fsp3) is 0.389. The van der Waals surface area contributed by atoms with E-state index in [-0.39, 0.29) is 11.3 Å². The number of hydrogen-bond donors (Lipinski definition) is 2. The Morgan fingerprint density at radius 2 is 1.73 bits per heavy atom. The third kappa shape index (κ3) is 3.98. The molecule has 2 rings (SSSR count). The van der Waals surface area contributed by atoms with Gasteiger partial charge in [-0.2, -0.15) is 0 Å². The van der Waals surface area contributed by atoms with Crippen LogP contribution >= 0.6 is 0 Å². The first-order valence-corrected chi connectivity index (χ1v) is 7.55. The summed E-state index contributed by atoms with van der Waals surface area (Å²) in [5.41, 5.74) is 2.37. The van der Waals surface area contributed by atoms with Crippen molar-refractivity contribution in [3.05, 3.63) is 47.7 Å². The summed E-state index contributed by atoms with van der Waals surface area (Å²) < 4.78 is 5.66. The molecule has 0 aliphatic carbocycles. The van der Waals surface area contributed by atoms with Crippen LogP contribution in [0.1, 0.15) is 36.9 Å². The van der Waals surface area contributed by atoms with Gasteiger partial charge in [-0.15, -0.1) is 0 Å². The van der Waals surface area contributed by atoms with Gasteiger partial charge in [0.2, 0.25) is 0 Å². The third-order valence-corrected chi connectivity index (χ3v) is 3.53. The van der Waals surface area contributed by atoms with E-state index in [9.17, 15) is 4.79 Å². The number of furan rings is 1. The summed E-state index contributed by atoms with van der Waals surface area (Å²) in [4.78, 5) is 11.9. The van der Waals surface area contributed by atoms with Gasteiger partial charge in [0.05, 0.1) is 0 Å². The van der Waals surface area contributed by atoms with E-state index in [0.717, 1.165) is 12.1 Å². The Balaban J connectivity index is 2.09. The zero-order valence-electron chi connectivity index (χ0n) is 13.7. The zero-order valence-corrected chi connectivity index (χ0v) is 13.7. The Kier molecular flexibility index (Phi) is 5.03. The molecule has 2 aromatic rings. The second-order valence-corrected chi connectivity index (χ2v) is 6.35. The maximum Gasteiger partial charge on any atom is 0.287 e. The molecule has 2 N–H and O–H groups in total. The molecule has 0 bridgehead atoms. The molecule has 0 saturated carbocycles. The van der Waals surface area contributed by atoms with Gasteiger partial charge in [-0.3, -0.25) is 4.79 Å². The van der Waals surface area contributed by atoms with Crippen LogP contribution in [0.3, 0.4) is 0 Å². The molecule has 1 amide bonds. The second-order valence-electron chi connectivity index (χ2n) is 6.35. The van der Waals surface area contributed by atoms with Crippen molar-refractivity contribution in [1.29, 1.82) is 0 Å². The van der Waals surface area contributed by atoms with Crippen molar-refractivity contribution < 1.29 is 9.21 Å². The topological polar surface area (TPSA) is 54.3 Å². The predicted octanol–water partition coefficient (Wildman–Crippen LogP) is 3.19. The highest BCUT2D eigenvalue weighted by atomic mass is 16.3. The van der Waals surface area contributed by atoms with Crippen LogP contribution in [0.5, 0.6) is 0 Å². The maximum atomic E-state index is 11.9. The van der Waals surface area contributed by atoms with Crippen molar-refractivity contribution in [3.8, 4) is 11.3 Å². The molecular formula is C18H24N2O2. The van der Waals surface area contributed by atoms with E-state index in [1.807, 2.05) is 25.2 Å². The molecule has 1 aromatic carbocycles. The van der Waals surface area contributed by atoms with Gasteiger partial charge in [0.1, 0.15) is 5.76 Å². The number of rotatable bonds is 5. The quantitative estimate of drug-likeness (QED) is 0.834. The summed E-state index contributed by atoms with van der Waals surface area (Å²) in [5, 5.41) is 5.78. The molecular weight excluding hydrogens is 276 g/mol. The standard InChI is InChI=1S/C18H24N2O2/c1-18(2,3)14-7-5-13(6-8-14)15-9-10-16(22-15)17(21)20-12-11-19-4/h5-10,19H,11-12H2,1-4H3,(H,20,21). The minimum atomic E-state index is -0.187. The van der Waals surface area contributed by atoms with E-state index in [0.29, 0.717) is 18.1 Å². The largest absolute Gasteiger partial charge is 0.451 e. The summed E-state index contributed by atoms with van der Waals surface area (Å²) in [6, 6.07) is 11.8. The number of likely N-dealkylation sites (N-methyl/N-ethyl adjacent to an activating group) is 1. The van der Waals surface area contributed by atoms with E-state index in [1.165, 1.54) is 5.56 Å². The Bertz CT molecular complexity index is 621. The number of hydrogen-bond acceptors (Lipinski definition) is 3. The number of benzene rings is 1. The van der Waals surface area contributed by atoms with Gasteiger partial charge >= 0.3 is 0 Å². The third-order valence-electron chi connectivity index (χ3n) is 3.53. The van der Waals surface area contributed by atoms with Crippen molar-refractivity contribution in [3.63, 3.8) is 0 Å². The predicted molar refractivity (Wildman–Crippen MR) is 89.1 cm³/mol. The normalized spacial score (nSPS) is 11.5.